The van der Waals surface area contributed by atoms with E-state index in [1.807, 2.05) is 91.0 Å². The Kier molecular flexibility index (Phi) is 5.31. The van der Waals surface area contributed by atoms with Crippen molar-refractivity contribution in [3.63, 3.8) is 0 Å². The number of aromatic amines is 1. The number of hydrogen-bond acceptors (Lipinski definition) is 6. The lowest BCUT2D eigenvalue weighted by Crippen LogP contribution is -2.20. The molecule has 0 fully saturated rings. The number of nitrogen functional groups attached to an aromatic ring is 1. The maximum absolute atomic E-state index is 13.5. The summed E-state index contributed by atoms with van der Waals surface area (Å²) < 4.78 is 2.98. The zero-order valence-electron chi connectivity index (χ0n) is 19.4. The minimum absolute atomic E-state index is 0.0471. The molecule has 0 aliphatic carbocycles. The minimum atomic E-state index is -0.544. The van der Waals surface area contributed by atoms with Gasteiger partial charge in [0.1, 0.15) is 11.4 Å². The highest BCUT2D eigenvalue weighted by Gasteiger charge is 2.25. The van der Waals surface area contributed by atoms with Gasteiger partial charge in [-0.05, 0) is 12.1 Å². The van der Waals surface area contributed by atoms with Gasteiger partial charge in [-0.3, -0.25) is 9.59 Å². The number of carbonyl (C=O) groups excluding carboxylic acids is 1. The van der Waals surface area contributed by atoms with Crippen molar-refractivity contribution in [2.45, 2.75) is 0 Å². The predicted molar refractivity (Wildman–Crippen MR) is 140 cm³/mol. The van der Waals surface area contributed by atoms with Crippen molar-refractivity contribution >= 4 is 23.3 Å². The van der Waals surface area contributed by atoms with Gasteiger partial charge < -0.3 is 11.1 Å². The molecule has 0 saturated carbocycles. The molecule has 180 valence electrons. The quantitative estimate of drug-likeness (QED) is 0.338. The van der Waals surface area contributed by atoms with E-state index in [1.165, 1.54) is 10.5 Å². The lowest BCUT2D eigenvalue weighted by molar-refractivity contribution is 0.102. The van der Waals surface area contributed by atoms with Crippen LogP contribution in [0, 0.1) is 0 Å². The zero-order chi connectivity index (χ0) is 25.4. The first-order valence-corrected chi connectivity index (χ1v) is 11.4. The molecule has 0 spiro atoms. The molecule has 0 unspecified atom stereocenters. The van der Waals surface area contributed by atoms with Crippen LogP contribution in [-0.2, 0) is 0 Å². The first-order valence-electron chi connectivity index (χ1n) is 11.4. The summed E-state index contributed by atoms with van der Waals surface area (Å²) in [6.07, 6.45) is 0. The number of carbonyl (C=O) groups is 1. The number of benzene rings is 3. The van der Waals surface area contributed by atoms with Crippen LogP contribution in [-0.4, -0.2) is 35.3 Å². The molecular weight excluding hydrogens is 468 g/mol. The second kappa shape index (κ2) is 8.93. The third-order valence-electron chi connectivity index (χ3n) is 5.85. The highest BCUT2D eigenvalue weighted by atomic mass is 16.2. The van der Waals surface area contributed by atoms with E-state index in [0.717, 1.165) is 16.8 Å². The van der Waals surface area contributed by atoms with E-state index in [1.54, 1.807) is 4.68 Å². The van der Waals surface area contributed by atoms with Crippen molar-refractivity contribution in [2.75, 3.05) is 11.1 Å². The van der Waals surface area contributed by atoms with Gasteiger partial charge in [0.2, 0.25) is 5.78 Å². The first-order chi connectivity index (χ1) is 18.1. The van der Waals surface area contributed by atoms with Crippen LogP contribution < -0.4 is 16.6 Å². The number of nitrogens with two attached hydrogens (primary N) is 1. The summed E-state index contributed by atoms with van der Waals surface area (Å²) in [6, 6.07) is 29.3. The third kappa shape index (κ3) is 3.92. The Morgan fingerprint density at radius 1 is 0.865 bits per heavy atom. The number of rotatable bonds is 5. The van der Waals surface area contributed by atoms with Gasteiger partial charge in [-0.25, -0.2) is 14.2 Å². The molecule has 0 aliphatic heterocycles. The van der Waals surface area contributed by atoms with Gasteiger partial charge in [0.15, 0.2) is 11.6 Å². The molecule has 0 atom stereocenters. The van der Waals surface area contributed by atoms with Crippen molar-refractivity contribution in [3.05, 3.63) is 113 Å². The van der Waals surface area contributed by atoms with Gasteiger partial charge >= 0.3 is 0 Å². The fourth-order valence-electron chi connectivity index (χ4n) is 4.22. The smallest absolute Gasteiger partial charge is 0.262 e. The van der Waals surface area contributed by atoms with E-state index in [9.17, 15) is 9.59 Å². The summed E-state index contributed by atoms with van der Waals surface area (Å²) in [5.41, 5.74) is 8.81. The SMILES string of the molecule is Nc1nn(-c2ccccc2)c(-c2ccccc2)c1C(=O)Nc1cc(=O)n2c(-c3ccccc3)n[nH]c2n1. The highest BCUT2D eigenvalue weighted by Crippen LogP contribution is 2.31. The molecule has 4 N–H and O–H groups in total. The second-order valence-corrected chi connectivity index (χ2v) is 8.23. The van der Waals surface area contributed by atoms with Gasteiger partial charge in [0.05, 0.1) is 11.4 Å². The maximum Gasteiger partial charge on any atom is 0.262 e. The van der Waals surface area contributed by atoms with Crippen LogP contribution >= 0.6 is 0 Å². The molecule has 6 rings (SSSR count). The largest absolute Gasteiger partial charge is 0.382 e. The summed E-state index contributed by atoms with van der Waals surface area (Å²) in [7, 11) is 0. The van der Waals surface area contributed by atoms with E-state index in [-0.39, 0.29) is 23.0 Å². The first kappa shape index (κ1) is 22.0. The molecule has 0 saturated heterocycles. The van der Waals surface area contributed by atoms with Crippen LogP contribution in [0.2, 0.25) is 0 Å². The van der Waals surface area contributed by atoms with E-state index >= 15 is 0 Å². The number of fused-ring (bicyclic) bond motifs is 1. The molecule has 0 bridgehead atoms. The van der Waals surface area contributed by atoms with E-state index < -0.39 is 11.5 Å². The molecule has 10 heteroatoms. The Labute approximate surface area is 210 Å². The van der Waals surface area contributed by atoms with Gasteiger partial charge in [0, 0.05) is 17.2 Å². The highest BCUT2D eigenvalue weighted by molar-refractivity contribution is 6.11. The molecule has 37 heavy (non-hydrogen) atoms. The molecule has 3 aromatic carbocycles. The van der Waals surface area contributed by atoms with Gasteiger partial charge in [-0.15, -0.1) is 5.10 Å². The topological polar surface area (TPSA) is 136 Å². The standard InChI is InChI=1S/C27H20N8O2/c28-24-22(23(17-10-4-1-5-11-17)35(33-24)19-14-8-3-9-15-19)26(37)29-20-16-21(36)34-25(31-32-27(34)30-20)18-12-6-2-7-13-18/h1-16H,(H2,28,33)(H,29,37)(H,30,32). The van der Waals surface area contributed by atoms with E-state index in [2.05, 4.69) is 25.6 Å². The Bertz CT molecular complexity index is 1790. The molecule has 10 nitrogen and oxygen atoms in total. The van der Waals surface area contributed by atoms with Crippen molar-refractivity contribution in [1.82, 2.24) is 29.4 Å². The van der Waals surface area contributed by atoms with Crippen LogP contribution in [0.1, 0.15) is 10.4 Å². The Hall–Kier alpha value is -5.51. The number of amides is 1. The van der Waals surface area contributed by atoms with Crippen LogP contribution in [0.4, 0.5) is 11.6 Å². The average molecular weight is 489 g/mol. The van der Waals surface area contributed by atoms with Gasteiger partial charge in [-0.2, -0.15) is 10.1 Å². The van der Waals surface area contributed by atoms with Crippen molar-refractivity contribution in [3.8, 4) is 28.3 Å². The molecular formula is C27H20N8O2. The summed E-state index contributed by atoms with van der Waals surface area (Å²) in [4.78, 5) is 30.9. The third-order valence-corrected chi connectivity index (χ3v) is 5.85. The molecule has 1 amide bonds. The predicted octanol–water partition coefficient (Wildman–Crippen LogP) is 3.77. The lowest BCUT2D eigenvalue weighted by Gasteiger charge is -2.10. The molecule has 0 radical (unpaired) electrons. The summed E-state index contributed by atoms with van der Waals surface area (Å²) in [5, 5.41) is 14.2. The Morgan fingerprint density at radius 2 is 1.49 bits per heavy atom. The Morgan fingerprint density at radius 3 is 2.16 bits per heavy atom. The van der Waals surface area contributed by atoms with Crippen LogP contribution in [0.3, 0.4) is 0 Å². The number of anilines is 2. The number of H-pyrrole nitrogens is 1. The normalized spacial score (nSPS) is 11.0. The number of nitrogens with zero attached hydrogens (tertiary/aromatic N) is 5. The number of hydrogen-bond donors (Lipinski definition) is 3. The number of para-hydroxylation sites is 1. The fraction of sp³-hybridized carbons (Fsp3) is 0. The average Bonchev–Trinajstić information content (AvgIpc) is 3.52. The van der Waals surface area contributed by atoms with Crippen LogP contribution in [0.25, 0.3) is 34.1 Å². The summed E-state index contributed by atoms with van der Waals surface area (Å²) in [6.45, 7) is 0. The number of nitrogens with one attached hydrogen (secondary N) is 2. The molecule has 3 aromatic heterocycles. The van der Waals surface area contributed by atoms with Crippen molar-refractivity contribution in [1.29, 1.82) is 0 Å². The maximum atomic E-state index is 13.5. The molecule has 6 aromatic rings. The van der Waals surface area contributed by atoms with E-state index in [4.69, 9.17) is 5.73 Å². The summed E-state index contributed by atoms with van der Waals surface area (Å²) in [5.74, 6) is 0.177. The zero-order valence-corrected chi connectivity index (χ0v) is 19.4. The summed E-state index contributed by atoms with van der Waals surface area (Å²) >= 11 is 0. The van der Waals surface area contributed by atoms with Gasteiger partial charge in [-0.1, -0.05) is 78.9 Å². The molecule has 3 heterocycles. The fourth-order valence-corrected chi connectivity index (χ4v) is 4.22. The van der Waals surface area contributed by atoms with E-state index in [0.29, 0.717) is 11.5 Å². The van der Waals surface area contributed by atoms with Crippen molar-refractivity contribution < 1.29 is 4.79 Å². The molecule has 0 aliphatic rings. The van der Waals surface area contributed by atoms with Crippen molar-refractivity contribution in [2.24, 2.45) is 0 Å². The van der Waals surface area contributed by atoms with Crippen LogP contribution in [0.15, 0.2) is 102 Å². The monoisotopic (exact) mass is 488 g/mol. The lowest BCUT2D eigenvalue weighted by atomic mass is 10.1. The second-order valence-electron chi connectivity index (χ2n) is 8.23. The minimum Gasteiger partial charge on any atom is -0.382 e. The van der Waals surface area contributed by atoms with Crippen LogP contribution in [0.5, 0.6) is 0 Å². The number of aromatic nitrogens is 6. The Balaban J connectivity index is 1.42. The van der Waals surface area contributed by atoms with Gasteiger partial charge in [0.25, 0.3) is 11.5 Å².